The molecule has 0 saturated carbocycles. The lowest BCUT2D eigenvalue weighted by molar-refractivity contribution is 0.482. The molecule has 0 aliphatic heterocycles. The van der Waals surface area contributed by atoms with E-state index in [9.17, 15) is 0 Å². The van der Waals surface area contributed by atoms with Crippen LogP contribution in [0.15, 0.2) is 53.4 Å². The molecule has 0 spiro atoms. The molecule has 0 radical (unpaired) electrons. The molecule has 0 unspecified atom stereocenters. The van der Waals surface area contributed by atoms with Crippen molar-refractivity contribution < 1.29 is 4.74 Å². The molecule has 4 heteroatoms. The predicted octanol–water partition coefficient (Wildman–Crippen LogP) is 5.63. The Bertz CT molecular complexity index is 497. The molecule has 0 aliphatic rings. The fourth-order valence-corrected chi connectivity index (χ4v) is 3.04. The summed E-state index contributed by atoms with van der Waals surface area (Å²) in [6, 6.07) is 16.0. The fraction of sp³-hybridized carbons (Fsp3) is 0.200. The van der Waals surface area contributed by atoms with Gasteiger partial charge in [-0.05, 0) is 48.2 Å². The van der Waals surface area contributed by atoms with Crippen molar-refractivity contribution in [1.29, 1.82) is 0 Å². The summed E-state index contributed by atoms with van der Waals surface area (Å²) in [5.74, 6) is 2.22. The topological polar surface area (TPSA) is 9.23 Å². The molecule has 2 aromatic carbocycles. The summed E-state index contributed by atoms with van der Waals surface area (Å²) in [6.07, 6.45) is 2.11. The highest BCUT2D eigenvalue weighted by molar-refractivity contribution is 8.15. The van der Waals surface area contributed by atoms with Crippen LogP contribution in [0.4, 0.5) is 0 Å². The standard InChI is InChI=1S/C15H15ClOS2/c1-18-11-19-15-8-6-14(7-9-15)17-13-4-2-12(10-16)3-5-13/h2-9H,10-11H2,1H3. The summed E-state index contributed by atoms with van der Waals surface area (Å²) < 4.78 is 5.78. The third-order valence-corrected chi connectivity index (χ3v) is 4.81. The second-order valence-electron chi connectivity index (χ2n) is 3.90. The fourth-order valence-electron chi connectivity index (χ4n) is 1.51. The number of alkyl halides is 1. The molecule has 100 valence electrons. The van der Waals surface area contributed by atoms with E-state index in [4.69, 9.17) is 16.3 Å². The summed E-state index contributed by atoms with van der Waals surface area (Å²) in [4.78, 5) is 1.26. The van der Waals surface area contributed by atoms with E-state index in [1.807, 2.05) is 59.9 Å². The molecule has 0 fully saturated rings. The zero-order chi connectivity index (χ0) is 13.5. The lowest BCUT2D eigenvalue weighted by atomic mass is 10.2. The maximum Gasteiger partial charge on any atom is 0.127 e. The number of rotatable bonds is 6. The third-order valence-electron chi connectivity index (χ3n) is 2.48. The number of thioether (sulfide) groups is 2. The highest BCUT2D eigenvalue weighted by Crippen LogP contribution is 2.26. The maximum atomic E-state index is 5.78. The highest BCUT2D eigenvalue weighted by atomic mass is 35.5. The Balaban J connectivity index is 1.98. The molecule has 0 atom stereocenters. The first-order valence-corrected chi connectivity index (χ1v) is 8.78. The van der Waals surface area contributed by atoms with Gasteiger partial charge in [-0.25, -0.2) is 0 Å². The zero-order valence-electron chi connectivity index (χ0n) is 10.6. The van der Waals surface area contributed by atoms with E-state index >= 15 is 0 Å². The number of hydrogen-bond acceptors (Lipinski definition) is 3. The molecule has 2 rings (SSSR count). The van der Waals surface area contributed by atoms with E-state index < -0.39 is 0 Å². The molecule has 0 bridgehead atoms. The van der Waals surface area contributed by atoms with Gasteiger partial charge in [-0.1, -0.05) is 12.1 Å². The summed E-state index contributed by atoms with van der Waals surface area (Å²) in [5.41, 5.74) is 1.10. The van der Waals surface area contributed by atoms with Gasteiger partial charge in [-0.3, -0.25) is 0 Å². The van der Waals surface area contributed by atoms with Gasteiger partial charge >= 0.3 is 0 Å². The van der Waals surface area contributed by atoms with Crippen LogP contribution in [0.1, 0.15) is 5.56 Å². The Morgan fingerprint density at radius 3 is 2.05 bits per heavy atom. The van der Waals surface area contributed by atoms with E-state index in [0.717, 1.165) is 22.1 Å². The van der Waals surface area contributed by atoms with E-state index in [0.29, 0.717) is 5.88 Å². The van der Waals surface area contributed by atoms with Gasteiger partial charge in [-0.2, -0.15) is 11.8 Å². The second kappa shape index (κ2) is 7.73. The lowest BCUT2D eigenvalue weighted by Crippen LogP contribution is -1.85. The van der Waals surface area contributed by atoms with Gasteiger partial charge < -0.3 is 4.74 Å². The Morgan fingerprint density at radius 2 is 1.53 bits per heavy atom. The van der Waals surface area contributed by atoms with Crippen LogP contribution in [-0.2, 0) is 5.88 Å². The normalized spacial score (nSPS) is 10.4. The molecule has 2 aromatic rings. The van der Waals surface area contributed by atoms with Crippen molar-refractivity contribution in [3.8, 4) is 11.5 Å². The first-order chi connectivity index (χ1) is 9.31. The van der Waals surface area contributed by atoms with E-state index in [1.54, 1.807) is 0 Å². The number of hydrogen-bond donors (Lipinski definition) is 0. The molecule has 1 nitrogen and oxygen atoms in total. The molecule has 0 aliphatic carbocycles. The molecule has 0 N–H and O–H groups in total. The Morgan fingerprint density at radius 1 is 0.947 bits per heavy atom. The van der Waals surface area contributed by atoms with Crippen LogP contribution in [0.5, 0.6) is 11.5 Å². The summed E-state index contributed by atoms with van der Waals surface area (Å²) in [5, 5.41) is 1.07. The van der Waals surface area contributed by atoms with Crippen molar-refractivity contribution >= 4 is 35.1 Å². The monoisotopic (exact) mass is 310 g/mol. The van der Waals surface area contributed by atoms with Crippen LogP contribution in [0, 0.1) is 0 Å². The van der Waals surface area contributed by atoms with Crippen molar-refractivity contribution in [3.63, 3.8) is 0 Å². The summed E-state index contributed by atoms with van der Waals surface area (Å²) in [7, 11) is 0. The Kier molecular flexibility index (Phi) is 5.95. The zero-order valence-corrected chi connectivity index (χ0v) is 13.0. The Labute approximate surface area is 127 Å². The first kappa shape index (κ1) is 14.6. The molecular weight excluding hydrogens is 296 g/mol. The Hall–Kier alpha value is -0.770. The van der Waals surface area contributed by atoms with E-state index in [1.165, 1.54) is 4.90 Å². The molecular formula is C15H15ClOS2. The minimum atomic E-state index is 0.529. The van der Waals surface area contributed by atoms with Crippen molar-refractivity contribution in [2.45, 2.75) is 10.8 Å². The summed E-state index contributed by atoms with van der Waals surface area (Å²) >= 11 is 9.41. The van der Waals surface area contributed by atoms with Gasteiger partial charge in [0.2, 0.25) is 0 Å². The van der Waals surface area contributed by atoms with Crippen LogP contribution in [0.2, 0.25) is 0 Å². The average molecular weight is 311 g/mol. The number of benzene rings is 2. The van der Waals surface area contributed by atoms with Crippen LogP contribution < -0.4 is 4.74 Å². The minimum absolute atomic E-state index is 0.529. The van der Waals surface area contributed by atoms with Gasteiger partial charge in [0.1, 0.15) is 11.5 Å². The van der Waals surface area contributed by atoms with Crippen molar-refractivity contribution in [3.05, 3.63) is 54.1 Å². The van der Waals surface area contributed by atoms with Crippen molar-refractivity contribution in [2.24, 2.45) is 0 Å². The molecule has 0 aromatic heterocycles. The molecule has 19 heavy (non-hydrogen) atoms. The highest BCUT2D eigenvalue weighted by Gasteiger charge is 1.99. The van der Waals surface area contributed by atoms with Gasteiger partial charge in [0.15, 0.2) is 0 Å². The lowest BCUT2D eigenvalue weighted by Gasteiger charge is -2.07. The number of ether oxygens (including phenoxy) is 1. The molecule has 0 amide bonds. The second-order valence-corrected chi connectivity index (χ2v) is 6.45. The number of halogens is 1. The van der Waals surface area contributed by atoms with E-state index in [-0.39, 0.29) is 0 Å². The van der Waals surface area contributed by atoms with Crippen LogP contribution in [-0.4, -0.2) is 11.3 Å². The minimum Gasteiger partial charge on any atom is -0.457 e. The third kappa shape index (κ3) is 4.68. The van der Waals surface area contributed by atoms with Crippen molar-refractivity contribution in [2.75, 3.05) is 11.3 Å². The summed E-state index contributed by atoms with van der Waals surface area (Å²) in [6.45, 7) is 0. The predicted molar refractivity (Wildman–Crippen MR) is 86.8 cm³/mol. The first-order valence-electron chi connectivity index (χ1n) is 5.86. The molecule has 0 heterocycles. The van der Waals surface area contributed by atoms with Crippen LogP contribution in [0.3, 0.4) is 0 Å². The smallest absolute Gasteiger partial charge is 0.127 e. The van der Waals surface area contributed by atoms with Gasteiger partial charge in [0.25, 0.3) is 0 Å². The van der Waals surface area contributed by atoms with E-state index in [2.05, 4.69) is 18.4 Å². The largest absolute Gasteiger partial charge is 0.457 e. The van der Waals surface area contributed by atoms with Crippen LogP contribution >= 0.6 is 35.1 Å². The van der Waals surface area contributed by atoms with Crippen LogP contribution in [0.25, 0.3) is 0 Å². The molecule has 0 saturated heterocycles. The van der Waals surface area contributed by atoms with Crippen molar-refractivity contribution in [1.82, 2.24) is 0 Å². The van der Waals surface area contributed by atoms with Gasteiger partial charge in [0, 0.05) is 15.9 Å². The van der Waals surface area contributed by atoms with Gasteiger partial charge in [-0.15, -0.1) is 23.4 Å². The maximum absolute atomic E-state index is 5.78. The average Bonchev–Trinajstić information content (AvgIpc) is 2.47. The SMILES string of the molecule is CSCSc1ccc(Oc2ccc(CCl)cc2)cc1. The van der Waals surface area contributed by atoms with Gasteiger partial charge in [0.05, 0.1) is 0 Å². The quantitative estimate of drug-likeness (QED) is 0.389.